The molecule has 0 fully saturated rings. The summed E-state index contributed by atoms with van der Waals surface area (Å²) < 4.78 is 11.5. The molecule has 0 spiro atoms. The number of ether oxygens (including phenoxy) is 2. The van der Waals surface area contributed by atoms with Crippen molar-refractivity contribution >= 4 is 35.0 Å². The van der Waals surface area contributed by atoms with Gasteiger partial charge in [0.1, 0.15) is 17.6 Å². The first kappa shape index (κ1) is 30.2. The molecule has 0 bridgehead atoms. The third-order valence-corrected chi connectivity index (χ3v) is 7.10. The Hall–Kier alpha value is -4.77. The maximum Gasteiger partial charge on any atom is 0.323 e. The van der Waals surface area contributed by atoms with Gasteiger partial charge in [0.05, 0.1) is 31.9 Å². The summed E-state index contributed by atoms with van der Waals surface area (Å²) in [7, 11) is 3.25. The average Bonchev–Trinajstić information content (AvgIpc) is 2.99. The number of likely N-dealkylation sites (N-methyl/N-ethyl adjacent to an activating group) is 1. The van der Waals surface area contributed by atoms with Crippen LogP contribution in [0.4, 0.5) is 26.7 Å². The predicted molar refractivity (Wildman–Crippen MR) is 161 cm³/mol. The van der Waals surface area contributed by atoms with E-state index in [0.717, 1.165) is 0 Å². The summed E-state index contributed by atoms with van der Waals surface area (Å²) in [5.41, 5.74) is 1.89. The van der Waals surface area contributed by atoms with Crippen molar-refractivity contribution in [2.24, 2.45) is 5.92 Å². The first-order valence-electron chi connectivity index (χ1n) is 13.7. The molecular formula is C31H37N5O6. The van der Waals surface area contributed by atoms with E-state index >= 15 is 0 Å². The van der Waals surface area contributed by atoms with Crippen LogP contribution in [-0.4, -0.2) is 78.9 Å². The van der Waals surface area contributed by atoms with Gasteiger partial charge in [-0.15, -0.1) is 0 Å². The molecule has 5 amide bonds. The van der Waals surface area contributed by atoms with Crippen molar-refractivity contribution in [2.45, 2.75) is 26.0 Å². The summed E-state index contributed by atoms with van der Waals surface area (Å²) >= 11 is 0. The molecule has 11 heteroatoms. The summed E-state index contributed by atoms with van der Waals surface area (Å²) in [5, 5.41) is 18.3. The fourth-order valence-electron chi connectivity index (χ4n) is 4.58. The number of hydrogen-bond acceptors (Lipinski definition) is 6. The van der Waals surface area contributed by atoms with Gasteiger partial charge in [-0.3, -0.25) is 4.79 Å². The number of para-hydroxylation sites is 1. The molecule has 0 saturated carbocycles. The van der Waals surface area contributed by atoms with Crippen LogP contribution in [0.3, 0.4) is 0 Å². The Labute approximate surface area is 245 Å². The van der Waals surface area contributed by atoms with Crippen molar-refractivity contribution in [1.29, 1.82) is 0 Å². The number of anilines is 3. The molecule has 0 aliphatic carbocycles. The molecule has 222 valence electrons. The number of hydrogen-bond donors (Lipinski definition) is 4. The zero-order chi connectivity index (χ0) is 30.2. The number of urea groups is 2. The summed E-state index contributed by atoms with van der Waals surface area (Å²) in [4.78, 5) is 42.4. The molecule has 4 rings (SSSR count). The molecule has 42 heavy (non-hydrogen) atoms. The molecule has 0 unspecified atom stereocenters. The minimum Gasteiger partial charge on any atom is -0.497 e. The van der Waals surface area contributed by atoms with Crippen LogP contribution in [0.2, 0.25) is 0 Å². The van der Waals surface area contributed by atoms with E-state index in [0.29, 0.717) is 35.1 Å². The topological polar surface area (TPSA) is 132 Å². The van der Waals surface area contributed by atoms with Crippen LogP contribution in [0.5, 0.6) is 11.5 Å². The average molecular weight is 576 g/mol. The molecule has 4 N–H and O–H groups in total. The zero-order valence-corrected chi connectivity index (χ0v) is 24.2. The van der Waals surface area contributed by atoms with Crippen molar-refractivity contribution in [3.8, 4) is 11.5 Å². The summed E-state index contributed by atoms with van der Waals surface area (Å²) in [6, 6.07) is 19.6. The van der Waals surface area contributed by atoms with Crippen LogP contribution in [-0.2, 0) is 0 Å². The lowest BCUT2D eigenvalue weighted by molar-refractivity contribution is 0.0371. The van der Waals surface area contributed by atoms with E-state index < -0.39 is 18.2 Å². The second-order valence-electron chi connectivity index (χ2n) is 10.3. The number of nitrogens with one attached hydrogen (secondary N) is 3. The van der Waals surface area contributed by atoms with Crippen molar-refractivity contribution in [1.82, 2.24) is 9.80 Å². The van der Waals surface area contributed by atoms with Crippen molar-refractivity contribution in [3.63, 3.8) is 0 Å². The van der Waals surface area contributed by atoms with E-state index in [-0.39, 0.29) is 36.6 Å². The van der Waals surface area contributed by atoms with Crippen LogP contribution in [0, 0.1) is 5.92 Å². The SMILES string of the molecule is COc1ccc(NC(=O)N(C)C[C@H]2Oc3ccc(NC(=O)Nc4ccccc4)cc3C(=O)N([C@H](C)CO)C[C@H]2C)cc1. The molecule has 0 aromatic heterocycles. The first-order valence-corrected chi connectivity index (χ1v) is 13.7. The minimum absolute atomic E-state index is 0.179. The van der Waals surface area contributed by atoms with Crippen molar-refractivity contribution in [3.05, 3.63) is 78.4 Å². The molecule has 0 radical (unpaired) electrons. The Kier molecular flexibility index (Phi) is 9.87. The molecular weight excluding hydrogens is 538 g/mol. The number of carbonyl (C=O) groups excluding carboxylic acids is 3. The number of aliphatic hydroxyl groups is 1. The number of nitrogens with zero attached hydrogens (tertiary/aromatic N) is 2. The van der Waals surface area contributed by atoms with Gasteiger partial charge >= 0.3 is 12.1 Å². The third kappa shape index (κ3) is 7.49. The smallest absolute Gasteiger partial charge is 0.323 e. The van der Waals surface area contributed by atoms with Crippen LogP contribution < -0.4 is 25.4 Å². The zero-order valence-electron chi connectivity index (χ0n) is 24.2. The lowest BCUT2D eigenvalue weighted by atomic mass is 9.99. The fourth-order valence-corrected chi connectivity index (χ4v) is 4.58. The van der Waals surface area contributed by atoms with Gasteiger partial charge in [0, 0.05) is 36.6 Å². The second kappa shape index (κ2) is 13.7. The highest BCUT2D eigenvalue weighted by atomic mass is 16.5. The van der Waals surface area contributed by atoms with Gasteiger partial charge < -0.3 is 40.3 Å². The van der Waals surface area contributed by atoms with Gasteiger partial charge in [-0.2, -0.15) is 0 Å². The first-order chi connectivity index (χ1) is 20.2. The van der Waals surface area contributed by atoms with E-state index in [1.807, 2.05) is 25.1 Å². The molecule has 1 aliphatic heterocycles. The lowest BCUT2D eigenvalue weighted by Gasteiger charge is -2.38. The molecule has 1 heterocycles. The predicted octanol–water partition coefficient (Wildman–Crippen LogP) is 4.72. The largest absolute Gasteiger partial charge is 0.497 e. The number of amides is 5. The molecule has 3 aromatic carbocycles. The van der Waals surface area contributed by atoms with Gasteiger partial charge in [-0.25, -0.2) is 9.59 Å². The Morgan fingerprint density at radius 1 is 1.02 bits per heavy atom. The number of carbonyl (C=O) groups is 3. The molecule has 1 aliphatic rings. The van der Waals surface area contributed by atoms with Gasteiger partial charge in [-0.1, -0.05) is 25.1 Å². The van der Waals surface area contributed by atoms with Crippen LogP contribution in [0.1, 0.15) is 24.2 Å². The maximum absolute atomic E-state index is 13.7. The molecule has 0 saturated heterocycles. The van der Waals surface area contributed by atoms with Crippen molar-refractivity contribution < 1.29 is 29.0 Å². The number of fused-ring (bicyclic) bond motifs is 1. The lowest BCUT2D eigenvalue weighted by Crippen LogP contribution is -2.50. The number of benzene rings is 3. The van der Waals surface area contributed by atoms with E-state index in [4.69, 9.17) is 9.47 Å². The van der Waals surface area contributed by atoms with Gasteiger partial charge in [0.15, 0.2) is 0 Å². The Morgan fingerprint density at radius 2 is 1.67 bits per heavy atom. The van der Waals surface area contributed by atoms with E-state index in [9.17, 15) is 19.5 Å². The summed E-state index contributed by atoms with van der Waals surface area (Å²) in [5.74, 6) is 0.504. The third-order valence-electron chi connectivity index (χ3n) is 7.10. The highest BCUT2D eigenvalue weighted by Crippen LogP contribution is 2.31. The van der Waals surface area contributed by atoms with E-state index in [1.165, 1.54) is 4.90 Å². The second-order valence-corrected chi connectivity index (χ2v) is 10.3. The maximum atomic E-state index is 13.7. The van der Waals surface area contributed by atoms with Gasteiger partial charge in [0.25, 0.3) is 5.91 Å². The van der Waals surface area contributed by atoms with Gasteiger partial charge in [0.2, 0.25) is 0 Å². The van der Waals surface area contributed by atoms with E-state index in [1.54, 1.807) is 80.6 Å². The molecule has 3 aromatic rings. The molecule has 3 atom stereocenters. The number of methoxy groups -OCH3 is 1. The minimum atomic E-state index is -0.475. The molecule has 11 nitrogen and oxygen atoms in total. The fraction of sp³-hybridized carbons (Fsp3) is 0.323. The highest BCUT2D eigenvalue weighted by Gasteiger charge is 2.34. The number of rotatable bonds is 8. The quantitative estimate of drug-likeness (QED) is 0.307. The Balaban J connectivity index is 1.53. The van der Waals surface area contributed by atoms with Crippen LogP contribution in [0.25, 0.3) is 0 Å². The normalized spacial score (nSPS) is 17.1. The summed E-state index contributed by atoms with van der Waals surface area (Å²) in [6.07, 6.45) is -0.475. The summed E-state index contributed by atoms with van der Waals surface area (Å²) in [6.45, 7) is 4.02. The van der Waals surface area contributed by atoms with Gasteiger partial charge in [-0.05, 0) is 61.5 Å². The number of aliphatic hydroxyl groups excluding tert-OH is 1. The van der Waals surface area contributed by atoms with Crippen LogP contribution in [0.15, 0.2) is 72.8 Å². The monoisotopic (exact) mass is 575 g/mol. The van der Waals surface area contributed by atoms with Crippen LogP contribution >= 0.6 is 0 Å². The Morgan fingerprint density at radius 3 is 2.33 bits per heavy atom. The van der Waals surface area contributed by atoms with E-state index in [2.05, 4.69) is 16.0 Å². The highest BCUT2D eigenvalue weighted by molar-refractivity contribution is 6.02. The standard InChI is InChI=1S/C31H37N5O6/c1-20-17-36(21(2)19-37)29(38)26-16-24(33-30(39)32-22-8-6-5-7-9-22)12-15-27(26)42-28(20)18-35(3)31(40)34-23-10-13-25(41-4)14-11-23/h5-16,20-21,28,37H,17-19H2,1-4H3,(H,34,40)(H2,32,33,39)/t20-,21-,28-/m1/s1. The Bertz CT molecular complexity index is 1380. The van der Waals surface area contributed by atoms with Crippen molar-refractivity contribution in [2.75, 3.05) is 49.8 Å².